The largest absolute Gasteiger partial charge is 0.502 e. The molecule has 2 heterocycles. The Morgan fingerprint density at radius 3 is 2.56 bits per heavy atom. The van der Waals surface area contributed by atoms with Crippen molar-refractivity contribution in [3.63, 3.8) is 0 Å². The Morgan fingerprint density at radius 1 is 1.04 bits per heavy atom. The van der Waals surface area contributed by atoms with Gasteiger partial charge in [0.25, 0.3) is 5.52 Å². The molecule has 4 nitrogen and oxygen atoms in total. The maximum atomic E-state index is 13.1. The summed E-state index contributed by atoms with van der Waals surface area (Å²) in [5, 5.41) is 11.1. The van der Waals surface area contributed by atoms with Crippen molar-refractivity contribution in [1.82, 2.24) is 0 Å². The summed E-state index contributed by atoms with van der Waals surface area (Å²) in [5.74, 6) is 0.0968. The number of anilines is 1. The van der Waals surface area contributed by atoms with Gasteiger partial charge in [0.1, 0.15) is 12.4 Å². The van der Waals surface area contributed by atoms with Gasteiger partial charge >= 0.3 is 0 Å². The number of hydrogen-bond acceptors (Lipinski definition) is 2. The summed E-state index contributed by atoms with van der Waals surface area (Å²) in [7, 11) is 0. The Morgan fingerprint density at radius 2 is 1.80 bits per heavy atom. The molecule has 1 aromatic heterocycles. The van der Waals surface area contributed by atoms with Crippen LogP contribution < -0.4 is 14.8 Å². The van der Waals surface area contributed by atoms with Gasteiger partial charge in [-0.3, -0.25) is 0 Å². The van der Waals surface area contributed by atoms with E-state index in [1.807, 2.05) is 30.5 Å². The lowest BCUT2D eigenvalue weighted by Crippen LogP contribution is -3.13. The van der Waals surface area contributed by atoms with E-state index < -0.39 is 0 Å². The number of quaternary nitrogens is 1. The predicted molar refractivity (Wildman–Crippen MR) is 95.2 cm³/mol. The van der Waals surface area contributed by atoms with Gasteiger partial charge in [-0.1, -0.05) is 0 Å². The van der Waals surface area contributed by atoms with Crippen LogP contribution in [0.3, 0.4) is 0 Å². The standard InChI is InChI=1S/C20H20FN3O/c21-16-4-6-17(7-5-16)24-12-10-23(11-13-24)14-15-3-8-19(25)20-18(15)2-1-9-22-20/h1-9,25H,10-14H2/p+2. The van der Waals surface area contributed by atoms with Gasteiger partial charge in [0.15, 0.2) is 11.9 Å². The van der Waals surface area contributed by atoms with Crippen LogP contribution in [0.4, 0.5) is 10.1 Å². The molecule has 0 atom stereocenters. The molecule has 1 aliphatic heterocycles. The molecule has 4 rings (SSSR count). The monoisotopic (exact) mass is 339 g/mol. The number of fused-ring (bicyclic) bond motifs is 1. The molecule has 0 unspecified atom stereocenters. The first-order valence-corrected chi connectivity index (χ1v) is 8.66. The van der Waals surface area contributed by atoms with E-state index in [1.165, 1.54) is 22.6 Å². The second-order valence-electron chi connectivity index (χ2n) is 6.59. The smallest absolute Gasteiger partial charge is 0.253 e. The minimum atomic E-state index is -0.191. The zero-order chi connectivity index (χ0) is 17.2. The Hall–Kier alpha value is -2.66. The van der Waals surface area contributed by atoms with Crippen LogP contribution in [0.1, 0.15) is 5.56 Å². The summed E-state index contributed by atoms with van der Waals surface area (Å²) in [6.45, 7) is 4.94. The second kappa shape index (κ2) is 6.69. The molecule has 0 spiro atoms. The fourth-order valence-electron chi connectivity index (χ4n) is 3.60. The third-order valence-electron chi connectivity index (χ3n) is 5.00. The van der Waals surface area contributed by atoms with Gasteiger partial charge in [-0.25, -0.2) is 9.37 Å². The first-order chi connectivity index (χ1) is 12.2. The first-order valence-electron chi connectivity index (χ1n) is 8.66. The second-order valence-corrected chi connectivity index (χ2v) is 6.59. The quantitative estimate of drug-likeness (QED) is 0.758. The van der Waals surface area contributed by atoms with Crippen LogP contribution in [0.25, 0.3) is 10.9 Å². The number of aromatic nitrogens is 1. The maximum Gasteiger partial charge on any atom is 0.253 e. The molecule has 3 aromatic rings. The fourth-order valence-corrected chi connectivity index (χ4v) is 3.60. The summed E-state index contributed by atoms with van der Waals surface area (Å²) in [5.41, 5.74) is 3.13. The summed E-state index contributed by atoms with van der Waals surface area (Å²) in [6, 6.07) is 14.5. The van der Waals surface area contributed by atoms with E-state index in [2.05, 4.69) is 16.0 Å². The first kappa shape index (κ1) is 15.8. The Labute approximate surface area is 146 Å². The number of hydrogen-bond donors (Lipinski definition) is 2. The van der Waals surface area contributed by atoms with Crippen LogP contribution in [0.2, 0.25) is 0 Å². The Balaban J connectivity index is 1.45. The highest BCUT2D eigenvalue weighted by Gasteiger charge is 2.22. The molecule has 3 N–H and O–H groups in total. The van der Waals surface area contributed by atoms with E-state index in [1.54, 1.807) is 6.07 Å². The van der Waals surface area contributed by atoms with Crippen LogP contribution in [-0.4, -0.2) is 31.3 Å². The average molecular weight is 339 g/mol. The molecular formula is C20H22FN3O+2. The number of H-pyrrole nitrogens is 1. The molecule has 25 heavy (non-hydrogen) atoms. The summed E-state index contributed by atoms with van der Waals surface area (Å²) in [6.07, 6.45) is 1.83. The van der Waals surface area contributed by atoms with E-state index in [9.17, 15) is 9.50 Å². The number of phenolic OH excluding ortho intramolecular Hbond substituents is 1. The number of aromatic hydroxyl groups is 1. The van der Waals surface area contributed by atoms with Crippen molar-refractivity contribution in [3.8, 4) is 5.75 Å². The average Bonchev–Trinajstić information content (AvgIpc) is 2.66. The molecule has 1 fully saturated rings. The van der Waals surface area contributed by atoms with Crippen molar-refractivity contribution in [2.75, 3.05) is 31.1 Å². The highest BCUT2D eigenvalue weighted by molar-refractivity contribution is 5.84. The fraction of sp³-hybridized carbons (Fsp3) is 0.250. The zero-order valence-corrected chi connectivity index (χ0v) is 14.0. The lowest BCUT2D eigenvalue weighted by Gasteiger charge is -2.33. The van der Waals surface area contributed by atoms with Crippen LogP contribution in [0, 0.1) is 5.82 Å². The number of nitrogens with zero attached hydrogens (tertiary/aromatic N) is 1. The molecule has 5 heteroatoms. The van der Waals surface area contributed by atoms with Crippen molar-refractivity contribution in [2.24, 2.45) is 0 Å². The maximum absolute atomic E-state index is 13.1. The molecule has 0 bridgehead atoms. The molecule has 1 saturated heterocycles. The molecule has 0 aliphatic carbocycles. The molecule has 0 amide bonds. The van der Waals surface area contributed by atoms with E-state index in [4.69, 9.17) is 0 Å². The van der Waals surface area contributed by atoms with Crippen LogP contribution in [0.15, 0.2) is 54.7 Å². The summed E-state index contributed by atoms with van der Waals surface area (Å²) >= 11 is 0. The van der Waals surface area contributed by atoms with Crippen molar-refractivity contribution < 1.29 is 19.4 Å². The van der Waals surface area contributed by atoms with Crippen molar-refractivity contribution in [2.45, 2.75) is 6.54 Å². The van der Waals surface area contributed by atoms with Gasteiger partial charge in [0, 0.05) is 17.3 Å². The van der Waals surface area contributed by atoms with Crippen molar-refractivity contribution in [1.29, 1.82) is 0 Å². The summed E-state index contributed by atoms with van der Waals surface area (Å²) < 4.78 is 13.1. The van der Waals surface area contributed by atoms with Gasteiger partial charge < -0.3 is 14.9 Å². The lowest BCUT2D eigenvalue weighted by molar-refractivity contribution is -0.914. The molecule has 0 saturated carbocycles. The van der Waals surface area contributed by atoms with E-state index in [0.29, 0.717) is 0 Å². The normalized spacial score (nSPS) is 15.6. The van der Waals surface area contributed by atoms with Gasteiger partial charge in [-0.15, -0.1) is 0 Å². The lowest BCUT2D eigenvalue weighted by atomic mass is 10.1. The van der Waals surface area contributed by atoms with Gasteiger partial charge in [0.2, 0.25) is 0 Å². The zero-order valence-electron chi connectivity index (χ0n) is 14.0. The molecule has 128 valence electrons. The highest BCUT2D eigenvalue weighted by atomic mass is 19.1. The van der Waals surface area contributed by atoms with Crippen LogP contribution in [-0.2, 0) is 6.54 Å². The minimum Gasteiger partial charge on any atom is -0.502 e. The summed E-state index contributed by atoms with van der Waals surface area (Å²) in [4.78, 5) is 6.97. The van der Waals surface area contributed by atoms with Crippen molar-refractivity contribution in [3.05, 3.63) is 66.1 Å². The van der Waals surface area contributed by atoms with Crippen LogP contribution >= 0.6 is 0 Å². The van der Waals surface area contributed by atoms with Gasteiger partial charge in [-0.2, -0.15) is 0 Å². The minimum absolute atomic E-state index is 0.191. The SMILES string of the molecule is Oc1ccc(C[NH+]2CCN(c3ccc(F)cc3)CC2)c2ccc[nH+]c12. The van der Waals surface area contributed by atoms with Gasteiger partial charge in [-0.05, 0) is 42.5 Å². The van der Waals surface area contributed by atoms with E-state index in [0.717, 1.165) is 49.3 Å². The van der Waals surface area contributed by atoms with Crippen molar-refractivity contribution >= 4 is 16.6 Å². The van der Waals surface area contributed by atoms with Crippen LogP contribution in [0.5, 0.6) is 5.75 Å². The third-order valence-corrected chi connectivity index (χ3v) is 5.00. The topological polar surface area (TPSA) is 42.1 Å². The Bertz CT molecular complexity index is 874. The number of halogens is 1. The highest BCUT2D eigenvalue weighted by Crippen LogP contribution is 2.23. The number of benzene rings is 2. The number of piperazine rings is 1. The Kier molecular flexibility index (Phi) is 4.24. The third kappa shape index (κ3) is 3.28. The molecule has 1 aliphatic rings. The predicted octanol–water partition coefficient (Wildman–Crippen LogP) is 1.40. The number of pyridine rings is 1. The van der Waals surface area contributed by atoms with Gasteiger partial charge in [0.05, 0.1) is 31.6 Å². The molecule has 2 aromatic carbocycles. The van der Waals surface area contributed by atoms with E-state index >= 15 is 0 Å². The molecular weight excluding hydrogens is 317 g/mol. The number of rotatable bonds is 3. The van der Waals surface area contributed by atoms with E-state index in [-0.39, 0.29) is 11.6 Å². The number of aromatic amines is 1. The molecule has 0 radical (unpaired) electrons. The number of phenols is 1. The number of nitrogens with one attached hydrogen (secondary N) is 2.